The Morgan fingerprint density at radius 1 is 1.62 bits per heavy atom. The molecule has 1 aromatic rings. The fourth-order valence-corrected chi connectivity index (χ4v) is 0.897. The molecule has 0 amide bonds. The van der Waals surface area contributed by atoms with E-state index in [2.05, 4.69) is 4.98 Å². The van der Waals surface area contributed by atoms with Gasteiger partial charge < -0.3 is 10.7 Å². The molecule has 1 heterocycles. The number of halogens is 2. The molecule has 0 radical (unpaired) electrons. The van der Waals surface area contributed by atoms with Crippen LogP contribution in [0.1, 0.15) is 17.6 Å². The monoisotopic (exact) mass is 185 g/mol. The lowest BCUT2D eigenvalue weighted by atomic mass is 10.1. The summed E-state index contributed by atoms with van der Waals surface area (Å²) in [6, 6.07) is 2.16. The molecule has 0 spiro atoms. The van der Waals surface area contributed by atoms with Gasteiger partial charge in [0.1, 0.15) is 17.5 Å². The normalized spacial score (nSPS) is 10.0. The fourth-order valence-electron chi connectivity index (χ4n) is 0.897. The number of nitrogens with one attached hydrogen (secondary N) is 1. The van der Waals surface area contributed by atoms with Gasteiger partial charge >= 0.3 is 0 Å². The number of hydrogen-bond donors (Lipinski definition) is 2. The fraction of sp³-hybridized carbons (Fsp3) is 0.143. The zero-order valence-electron chi connectivity index (χ0n) is 6.34. The maximum Gasteiger partial charge on any atom is 0.265 e. The van der Waals surface area contributed by atoms with Crippen molar-refractivity contribution in [3.05, 3.63) is 27.5 Å². The van der Waals surface area contributed by atoms with E-state index in [0.717, 1.165) is 0 Å². The van der Waals surface area contributed by atoms with E-state index < -0.39 is 17.5 Å². The van der Waals surface area contributed by atoms with E-state index in [4.69, 9.17) is 11.0 Å². The quantitative estimate of drug-likeness (QED) is 0.677. The van der Waals surface area contributed by atoms with Crippen LogP contribution < -0.4 is 11.3 Å². The van der Waals surface area contributed by atoms with Crippen molar-refractivity contribution in [3.8, 4) is 6.07 Å². The summed E-state index contributed by atoms with van der Waals surface area (Å²) in [6.45, 7) is 0. The number of pyridine rings is 1. The van der Waals surface area contributed by atoms with E-state index in [9.17, 15) is 13.6 Å². The molecule has 6 heteroatoms. The lowest BCUT2D eigenvalue weighted by Crippen LogP contribution is -2.12. The third kappa shape index (κ3) is 1.64. The maximum atomic E-state index is 12.2. The largest absolute Gasteiger partial charge is 0.384 e. The molecule has 13 heavy (non-hydrogen) atoms. The average Bonchev–Trinajstić information content (AvgIpc) is 2.02. The Kier molecular flexibility index (Phi) is 2.28. The maximum absolute atomic E-state index is 12.2. The number of hydrogen-bond acceptors (Lipinski definition) is 3. The number of nitrogens with zero attached hydrogens (tertiary/aromatic N) is 1. The molecule has 0 aliphatic rings. The number of rotatable bonds is 1. The Labute approximate surface area is 71.6 Å². The van der Waals surface area contributed by atoms with Crippen molar-refractivity contribution in [3.63, 3.8) is 0 Å². The first-order valence-corrected chi connectivity index (χ1v) is 3.27. The van der Waals surface area contributed by atoms with Crippen molar-refractivity contribution in [1.29, 1.82) is 5.26 Å². The Balaban J connectivity index is 3.50. The van der Waals surface area contributed by atoms with Gasteiger partial charge in [0.05, 0.1) is 0 Å². The van der Waals surface area contributed by atoms with Gasteiger partial charge in [-0.2, -0.15) is 5.26 Å². The molecule has 1 rings (SSSR count). The summed E-state index contributed by atoms with van der Waals surface area (Å²) in [5, 5.41) is 8.45. The Morgan fingerprint density at radius 3 is 2.69 bits per heavy atom. The van der Waals surface area contributed by atoms with Crippen LogP contribution in [0.15, 0.2) is 10.9 Å². The summed E-state index contributed by atoms with van der Waals surface area (Å²) in [5.41, 5.74) is 3.40. The molecule has 68 valence electrons. The lowest BCUT2D eigenvalue weighted by Gasteiger charge is -2.03. The second kappa shape index (κ2) is 3.23. The van der Waals surface area contributed by atoms with Gasteiger partial charge in [-0.05, 0) is 0 Å². The molecule has 1 aromatic heterocycles. The second-order valence-corrected chi connectivity index (χ2v) is 2.29. The topological polar surface area (TPSA) is 82.7 Å². The number of anilines is 1. The van der Waals surface area contributed by atoms with Crippen LogP contribution in [0, 0.1) is 11.3 Å². The van der Waals surface area contributed by atoms with E-state index in [0.29, 0.717) is 6.07 Å². The first-order chi connectivity index (χ1) is 6.06. The lowest BCUT2D eigenvalue weighted by molar-refractivity contribution is 0.151. The van der Waals surface area contributed by atoms with Crippen LogP contribution in [-0.2, 0) is 0 Å². The predicted molar refractivity (Wildman–Crippen MR) is 41.1 cm³/mol. The number of nitrogen functional groups attached to an aromatic ring is 1. The molecule has 0 aliphatic carbocycles. The summed E-state index contributed by atoms with van der Waals surface area (Å²) < 4.78 is 24.4. The third-order valence-corrected chi connectivity index (χ3v) is 1.45. The number of aromatic nitrogens is 1. The van der Waals surface area contributed by atoms with Crippen molar-refractivity contribution in [2.45, 2.75) is 6.43 Å². The Bertz CT molecular complexity index is 419. The summed E-state index contributed by atoms with van der Waals surface area (Å²) in [6.07, 6.45) is -2.88. The van der Waals surface area contributed by atoms with Crippen LogP contribution in [0.2, 0.25) is 0 Å². The van der Waals surface area contributed by atoms with Gasteiger partial charge in [0, 0.05) is 11.6 Å². The van der Waals surface area contributed by atoms with E-state index in [-0.39, 0.29) is 11.4 Å². The minimum Gasteiger partial charge on any atom is -0.384 e. The average molecular weight is 185 g/mol. The van der Waals surface area contributed by atoms with Crippen LogP contribution >= 0.6 is 0 Å². The SMILES string of the molecule is N#Cc1c(C(F)F)cc(=O)[nH]c1N. The molecular formula is C7H5F2N3O. The van der Waals surface area contributed by atoms with Gasteiger partial charge in [-0.1, -0.05) is 0 Å². The molecule has 3 N–H and O–H groups in total. The first-order valence-electron chi connectivity index (χ1n) is 3.27. The molecule has 0 fully saturated rings. The van der Waals surface area contributed by atoms with E-state index in [1.54, 1.807) is 0 Å². The standard InChI is InChI=1S/C7H5F2N3O/c8-6(9)3-1-5(13)12-7(11)4(3)2-10/h1,6H,(H3,11,12,13). The molecule has 0 saturated carbocycles. The van der Waals surface area contributed by atoms with Crippen molar-refractivity contribution in [1.82, 2.24) is 4.98 Å². The van der Waals surface area contributed by atoms with Crippen molar-refractivity contribution >= 4 is 5.82 Å². The van der Waals surface area contributed by atoms with Crippen LogP contribution in [0.3, 0.4) is 0 Å². The van der Waals surface area contributed by atoms with Gasteiger partial charge in [-0.15, -0.1) is 0 Å². The van der Waals surface area contributed by atoms with E-state index in [1.165, 1.54) is 6.07 Å². The molecule has 0 atom stereocenters. The van der Waals surface area contributed by atoms with E-state index in [1.807, 2.05) is 0 Å². The van der Waals surface area contributed by atoms with Crippen LogP contribution in [0.25, 0.3) is 0 Å². The predicted octanol–water partition coefficient (Wildman–Crippen LogP) is 0.766. The minimum atomic E-state index is -2.88. The van der Waals surface area contributed by atoms with Crippen molar-refractivity contribution in [2.75, 3.05) is 5.73 Å². The van der Waals surface area contributed by atoms with Crippen molar-refractivity contribution in [2.24, 2.45) is 0 Å². The molecule has 0 bridgehead atoms. The number of nitriles is 1. The Morgan fingerprint density at radius 2 is 2.23 bits per heavy atom. The highest BCUT2D eigenvalue weighted by molar-refractivity contribution is 5.52. The van der Waals surface area contributed by atoms with Crippen LogP contribution in [0.5, 0.6) is 0 Å². The van der Waals surface area contributed by atoms with Gasteiger partial charge in [-0.25, -0.2) is 8.78 Å². The smallest absolute Gasteiger partial charge is 0.265 e. The van der Waals surface area contributed by atoms with Crippen LogP contribution in [0.4, 0.5) is 14.6 Å². The molecule has 4 nitrogen and oxygen atoms in total. The molecule has 0 aliphatic heterocycles. The van der Waals surface area contributed by atoms with Crippen LogP contribution in [-0.4, -0.2) is 4.98 Å². The minimum absolute atomic E-state index is 0.328. The molecular weight excluding hydrogens is 180 g/mol. The van der Waals surface area contributed by atoms with Gasteiger partial charge in [-0.3, -0.25) is 4.79 Å². The molecule has 0 aromatic carbocycles. The molecule has 0 saturated heterocycles. The Hall–Kier alpha value is -1.90. The summed E-state index contributed by atoms with van der Waals surface area (Å²) in [4.78, 5) is 12.8. The highest BCUT2D eigenvalue weighted by Gasteiger charge is 2.16. The number of nitrogens with two attached hydrogens (primary N) is 1. The van der Waals surface area contributed by atoms with Gasteiger partial charge in [0.2, 0.25) is 5.56 Å². The zero-order valence-corrected chi connectivity index (χ0v) is 6.34. The van der Waals surface area contributed by atoms with E-state index >= 15 is 0 Å². The zero-order chi connectivity index (χ0) is 10.0. The van der Waals surface area contributed by atoms with Gasteiger partial charge in [0.15, 0.2) is 0 Å². The highest BCUT2D eigenvalue weighted by Crippen LogP contribution is 2.22. The summed E-state index contributed by atoms with van der Waals surface area (Å²) >= 11 is 0. The number of alkyl halides is 2. The molecule has 0 unspecified atom stereocenters. The summed E-state index contributed by atoms with van der Waals surface area (Å²) in [7, 11) is 0. The second-order valence-electron chi connectivity index (χ2n) is 2.29. The number of H-pyrrole nitrogens is 1. The highest BCUT2D eigenvalue weighted by atomic mass is 19.3. The third-order valence-electron chi connectivity index (χ3n) is 1.45. The van der Waals surface area contributed by atoms with Crippen molar-refractivity contribution < 1.29 is 8.78 Å². The number of aromatic amines is 1. The summed E-state index contributed by atoms with van der Waals surface area (Å²) in [5.74, 6) is -0.328. The first kappa shape index (κ1) is 9.19. The van der Waals surface area contributed by atoms with Gasteiger partial charge in [0.25, 0.3) is 6.43 Å².